The van der Waals surface area contributed by atoms with Gasteiger partial charge in [-0.3, -0.25) is 0 Å². The van der Waals surface area contributed by atoms with Gasteiger partial charge in [0.1, 0.15) is 12.6 Å². The second-order valence-corrected chi connectivity index (χ2v) is 12.7. The highest BCUT2D eigenvalue weighted by molar-refractivity contribution is 6.76. The Kier molecular flexibility index (Phi) is 9.00. The van der Waals surface area contributed by atoms with Crippen LogP contribution in [-0.2, 0) is 27.4 Å². The van der Waals surface area contributed by atoms with E-state index in [2.05, 4.69) is 36.1 Å². The highest BCUT2D eigenvalue weighted by Crippen LogP contribution is 2.13. The van der Waals surface area contributed by atoms with Gasteiger partial charge in [-0.2, -0.15) is 0 Å². The summed E-state index contributed by atoms with van der Waals surface area (Å²) in [5.41, 5.74) is 0.877. The molecular formula is C18H32N2O3Si. The normalized spacial score (nSPS) is 12.0. The molecule has 1 heterocycles. The molecule has 5 nitrogen and oxygen atoms in total. The van der Waals surface area contributed by atoms with E-state index in [0.717, 1.165) is 43.4 Å². The van der Waals surface area contributed by atoms with Crippen molar-refractivity contribution >= 4 is 20.1 Å². The van der Waals surface area contributed by atoms with Gasteiger partial charge in [0.25, 0.3) is 0 Å². The number of rotatable bonds is 11. The maximum Gasteiger partial charge on any atom is 0.330 e. The lowest BCUT2D eigenvalue weighted by molar-refractivity contribution is -0.137. The Labute approximate surface area is 147 Å². The van der Waals surface area contributed by atoms with Crippen LogP contribution in [0.1, 0.15) is 38.2 Å². The lowest BCUT2D eigenvalue weighted by atomic mass is 10.2. The zero-order valence-corrected chi connectivity index (χ0v) is 16.8. The van der Waals surface area contributed by atoms with Crippen molar-refractivity contribution in [3.05, 3.63) is 23.8 Å². The van der Waals surface area contributed by atoms with Crippen molar-refractivity contribution in [3.63, 3.8) is 0 Å². The van der Waals surface area contributed by atoms with Crippen molar-refractivity contribution in [2.24, 2.45) is 0 Å². The number of nitrogens with zero attached hydrogens (tertiary/aromatic N) is 2. The van der Waals surface area contributed by atoms with Crippen LogP contribution in [0, 0.1) is 0 Å². The van der Waals surface area contributed by atoms with Gasteiger partial charge in [-0.1, -0.05) is 33.0 Å². The summed E-state index contributed by atoms with van der Waals surface area (Å²) in [6.45, 7) is 12.6. The van der Waals surface area contributed by atoms with Gasteiger partial charge in [0.2, 0.25) is 0 Å². The Morgan fingerprint density at radius 2 is 2.08 bits per heavy atom. The molecule has 0 amide bonds. The van der Waals surface area contributed by atoms with Gasteiger partial charge in [0.15, 0.2) is 0 Å². The highest BCUT2D eigenvalue weighted by Gasteiger charge is 2.13. The summed E-state index contributed by atoms with van der Waals surface area (Å²) in [6.07, 6.45) is 8.12. The van der Waals surface area contributed by atoms with Gasteiger partial charge in [-0.25, -0.2) is 9.78 Å². The molecule has 136 valence electrons. The molecule has 0 atom stereocenters. The summed E-state index contributed by atoms with van der Waals surface area (Å²) < 4.78 is 12.9. The average molecular weight is 353 g/mol. The predicted octanol–water partition coefficient (Wildman–Crippen LogP) is 4.11. The molecule has 6 heteroatoms. The third kappa shape index (κ3) is 7.92. The number of hydrogen-bond acceptors (Lipinski definition) is 4. The molecule has 0 aliphatic heterocycles. The first-order valence-corrected chi connectivity index (χ1v) is 12.5. The van der Waals surface area contributed by atoms with Crippen LogP contribution in [0.4, 0.5) is 0 Å². The van der Waals surface area contributed by atoms with Crippen LogP contribution >= 0.6 is 0 Å². The number of unbranched alkanes of at least 4 members (excludes halogenated alkanes) is 1. The fourth-order valence-corrected chi connectivity index (χ4v) is 2.88. The molecule has 0 aliphatic rings. The van der Waals surface area contributed by atoms with Crippen LogP contribution in [0.5, 0.6) is 0 Å². The van der Waals surface area contributed by atoms with Gasteiger partial charge in [0.05, 0.1) is 18.5 Å². The van der Waals surface area contributed by atoms with E-state index < -0.39 is 8.07 Å². The third-order valence-corrected chi connectivity index (χ3v) is 5.32. The molecule has 0 spiro atoms. The van der Waals surface area contributed by atoms with Crippen LogP contribution < -0.4 is 0 Å². The first-order chi connectivity index (χ1) is 11.4. The minimum Gasteiger partial charge on any atom is -0.463 e. The summed E-state index contributed by atoms with van der Waals surface area (Å²) in [4.78, 5) is 16.0. The Balaban J connectivity index is 2.75. The second-order valence-electron chi connectivity index (χ2n) is 7.06. The SMILES string of the molecule is CCCCc1ncc(/C=C/C(=O)OCC)n1COCC[Si](C)(C)C. The average Bonchev–Trinajstić information content (AvgIpc) is 2.89. The van der Waals surface area contributed by atoms with Crippen molar-refractivity contribution in [1.82, 2.24) is 9.55 Å². The van der Waals surface area contributed by atoms with Crippen LogP contribution in [0.25, 0.3) is 6.08 Å². The Morgan fingerprint density at radius 1 is 1.33 bits per heavy atom. The van der Waals surface area contributed by atoms with Gasteiger partial charge in [0, 0.05) is 27.2 Å². The number of aromatic nitrogens is 2. The summed E-state index contributed by atoms with van der Waals surface area (Å²) >= 11 is 0. The molecular weight excluding hydrogens is 320 g/mol. The number of carbonyl (C=O) groups is 1. The second kappa shape index (κ2) is 10.5. The third-order valence-electron chi connectivity index (χ3n) is 3.62. The highest BCUT2D eigenvalue weighted by atomic mass is 28.3. The topological polar surface area (TPSA) is 53.3 Å². The minimum absolute atomic E-state index is 0.333. The first kappa shape index (κ1) is 20.6. The molecule has 0 bridgehead atoms. The molecule has 0 saturated heterocycles. The van der Waals surface area contributed by atoms with Crippen LogP contribution in [0.15, 0.2) is 12.3 Å². The summed E-state index contributed by atoms with van der Waals surface area (Å²) in [5.74, 6) is 0.674. The number of carbonyl (C=O) groups excluding carboxylic acids is 1. The smallest absolute Gasteiger partial charge is 0.330 e. The number of aryl methyl sites for hydroxylation is 1. The van der Waals surface area contributed by atoms with E-state index in [-0.39, 0.29) is 5.97 Å². The number of hydrogen-bond donors (Lipinski definition) is 0. The maximum atomic E-state index is 11.5. The lowest BCUT2D eigenvalue weighted by Gasteiger charge is -2.16. The van der Waals surface area contributed by atoms with Crippen LogP contribution in [-0.4, -0.2) is 36.8 Å². The van der Waals surface area contributed by atoms with Gasteiger partial charge < -0.3 is 14.0 Å². The van der Waals surface area contributed by atoms with Gasteiger partial charge in [-0.05, 0) is 25.5 Å². The maximum absolute atomic E-state index is 11.5. The van der Waals surface area contributed by atoms with Crippen LogP contribution in [0.3, 0.4) is 0 Å². The number of esters is 1. The quantitative estimate of drug-likeness (QED) is 0.260. The van der Waals surface area contributed by atoms with E-state index in [1.54, 1.807) is 19.2 Å². The molecule has 0 aliphatic carbocycles. The molecule has 0 aromatic carbocycles. The van der Waals surface area contributed by atoms with E-state index in [1.165, 1.54) is 6.08 Å². The van der Waals surface area contributed by atoms with Crippen molar-refractivity contribution in [3.8, 4) is 0 Å². The van der Waals surface area contributed by atoms with E-state index in [9.17, 15) is 4.79 Å². The molecule has 1 aromatic rings. The predicted molar refractivity (Wildman–Crippen MR) is 101 cm³/mol. The molecule has 0 radical (unpaired) electrons. The standard InChI is InChI=1S/C18H32N2O3Si/c1-6-8-9-17-19-14-16(10-11-18(21)23-7-2)20(17)15-22-12-13-24(3,4)5/h10-11,14H,6-9,12-13,15H2,1-5H3/b11-10+. The van der Waals surface area contributed by atoms with Crippen molar-refractivity contribution in [2.75, 3.05) is 13.2 Å². The number of ether oxygens (including phenoxy) is 2. The van der Waals surface area contributed by atoms with Crippen molar-refractivity contribution in [1.29, 1.82) is 0 Å². The molecule has 0 unspecified atom stereocenters. The van der Waals surface area contributed by atoms with Gasteiger partial charge in [-0.15, -0.1) is 0 Å². The van der Waals surface area contributed by atoms with Gasteiger partial charge >= 0.3 is 5.97 Å². The number of imidazole rings is 1. The Morgan fingerprint density at radius 3 is 2.71 bits per heavy atom. The van der Waals surface area contributed by atoms with Crippen LogP contribution in [0.2, 0.25) is 25.7 Å². The summed E-state index contributed by atoms with van der Waals surface area (Å²) in [7, 11) is -1.09. The van der Waals surface area contributed by atoms with E-state index in [4.69, 9.17) is 9.47 Å². The van der Waals surface area contributed by atoms with Crippen molar-refractivity contribution < 1.29 is 14.3 Å². The molecule has 24 heavy (non-hydrogen) atoms. The Hall–Kier alpha value is -1.40. The molecule has 1 aromatic heterocycles. The monoisotopic (exact) mass is 352 g/mol. The van der Waals surface area contributed by atoms with E-state index in [1.807, 2.05) is 0 Å². The zero-order chi connectivity index (χ0) is 18.0. The first-order valence-electron chi connectivity index (χ1n) is 8.84. The molecule has 0 N–H and O–H groups in total. The zero-order valence-electron chi connectivity index (χ0n) is 15.8. The summed E-state index contributed by atoms with van der Waals surface area (Å²) in [5, 5.41) is 0. The molecule has 0 saturated carbocycles. The fraction of sp³-hybridized carbons (Fsp3) is 0.667. The Bertz CT molecular complexity index is 533. The minimum atomic E-state index is -1.09. The largest absolute Gasteiger partial charge is 0.463 e. The van der Waals surface area contributed by atoms with E-state index in [0.29, 0.717) is 13.3 Å². The molecule has 1 rings (SSSR count). The van der Waals surface area contributed by atoms with Crippen molar-refractivity contribution in [2.45, 2.75) is 65.5 Å². The fourth-order valence-electron chi connectivity index (χ4n) is 2.12. The lowest BCUT2D eigenvalue weighted by Crippen LogP contribution is -2.22. The summed E-state index contributed by atoms with van der Waals surface area (Å²) in [6, 6.07) is 1.14. The van der Waals surface area contributed by atoms with E-state index >= 15 is 0 Å². The molecule has 0 fully saturated rings.